The number of nitrogens with one attached hydrogen (secondary N) is 1. The summed E-state index contributed by atoms with van der Waals surface area (Å²) in [4.78, 5) is 23.5. The van der Waals surface area contributed by atoms with Gasteiger partial charge in [-0.05, 0) is 44.4 Å². The first-order chi connectivity index (χ1) is 13.7. The molecule has 0 aliphatic rings. The lowest BCUT2D eigenvalue weighted by molar-refractivity contribution is 0.0948. The number of aromatic nitrogens is 2. The highest BCUT2D eigenvalue weighted by atomic mass is 16.1. The van der Waals surface area contributed by atoms with Crippen molar-refractivity contribution in [3.8, 4) is 0 Å². The number of aryl methyl sites for hydroxylation is 2. The predicted octanol–water partition coefficient (Wildman–Crippen LogP) is 4.31. The largest absolute Gasteiger partial charge is 0.351 e. The van der Waals surface area contributed by atoms with Crippen molar-refractivity contribution in [2.75, 3.05) is 18.0 Å². The van der Waals surface area contributed by atoms with Gasteiger partial charge in [-0.1, -0.05) is 48.5 Å². The molecule has 0 saturated carbocycles. The van der Waals surface area contributed by atoms with Crippen LogP contribution in [-0.4, -0.2) is 29.0 Å². The van der Waals surface area contributed by atoms with Gasteiger partial charge in [0.05, 0.1) is 0 Å². The van der Waals surface area contributed by atoms with Crippen molar-refractivity contribution >= 4 is 17.4 Å². The van der Waals surface area contributed by atoms with Crippen LogP contribution in [0.3, 0.4) is 0 Å². The van der Waals surface area contributed by atoms with E-state index in [1.54, 1.807) is 6.07 Å². The van der Waals surface area contributed by atoms with Crippen LogP contribution in [0.5, 0.6) is 0 Å². The Morgan fingerprint density at radius 1 is 1.00 bits per heavy atom. The topological polar surface area (TPSA) is 58.1 Å². The SMILES string of the molecule is CCN(c1ccccc1)c1cc(C(=O)NCCCc2ccccc2)nc(C)n1. The zero-order valence-electron chi connectivity index (χ0n) is 16.4. The van der Waals surface area contributed by atoms with Crippen molar-refractivity contribution in [2.45, 2.75) is 26.7 Å². The quantitative estimate of drug-likeness (QED) is 0.597. The number of anilines is 2. The number of benzene rings is 2. The lowest BCUT2D eigenvalue weighted by Crippen LogP contribution is -2.27. The number of carbonyl (C=O) groups is 1. The van der Waals surface area contributed by atoms with Crippen LogP contribution in [0.2, 0.25) is 0 Å². The highest BCUT2D eigenvalue weighted by molar-refractivity contribution is 5.93. The van der Waals surface area contributed by atoms with Gasteiger partial charge >= 0.3 is 0 Å². The maximum atomic E-state index is 12.6. The summed E-state index contributed by atoms with van der Waals surface area (Å²) < 4.78 is 0. The van der Waals surface area contributed by atoms with Crippen molar-refractivity contribution in [2.24, 2.45) is 0 Å². The van der Waals surface area contributed by atoms with E-state index in [-0.39, 0.29) is 5.91 Å². The van der Waals surface area contributed by atoms with Crippen LogP contribution in [0.4, 0.5) is 11.5 Å². The number of amides is 1. The lowest BCUT2D eigenvalue weighted by Gasteiger charge is -2.22. The Morgan fingerprint density at radius 3 is 2.36 bits per heavy atom. The molecule has 1 aromatic heterocycles. The van der Waals surface area contributed by atoms with E-state index < -0.39 is 0 Å². The van der Waals surface area contributed by atoms with Gasteiger partial charge in [-0.2, -0.15) is 0 Å². The Morgan fingerprint density at radius 2 is 1.68 bits per heavy atom. The summed E-state index contributed by atoms with van der Waals surface area (Å²) >= 11 is 0. The van der Waals surface area contributed by atoms with E-state index in [1.165, 1.54) is 5.56 Å². The molecular formula is C23H26N4O. The molecule has 0 radical (unpaired) electrons. The monoisotopic (exact) mass is 374 g/mol. The molecule has 0 atom stereocenters. The molecule has 0 aliphatic heterocycles. The minimum absolute atomic E-state index is 0.163. The second-order valence-electron chi connectivity index (χ2n) is 6.58. The molecule has 0 spiro atoms. The summed E-state index contributed by atoms with van der Waals surface area (Å²) in [5, 5.41) is 2.97. The van der Waals surface area contributed by atoms with Gasteiger partial charge in [0.15, 0.2) is 0 Å². The molecule has 3 rings (SSSR count). The summed E-state index contributed by atoms with van der Waals surface area (Å²) in [5.74, 6) is 1.15. The Hall–Kier alpha value is -3.21. The average molecular weight is 374 g/mol. The van der Waals surface area contributed by atoms with E-state index in [2.05, 4.69) is 39.2 Å². The number of hydrogen-bond acceptors (Lipinski definition) is 4. The first kappa shape index (κ1) is 19.5. The van der Waals surface area contributed by atoms with Gasteiger partial charge in [-0.15, -0.1) is 0 Å². The second kappa shape index (κ2) is 9.65. The molecular weight excluding hydrogens is 348 g/mol. The molecule has 0 unspecified atom stereocenters. The molecule has 144 valence electrons. The van der Waals surface area contributed by atoms with E-state index in [0.717, 1.165) is 30.9 Å². The molecule has 28 heavy (non-hydrogen) atoms. The fourth-order valence-electron chi connectivity index (χ4n) is 3.12. The summed E-state index contributed by atoms with van der Waals surface area (Å²) in [6.07, 6.45) is 1.82. The molecule has 0 aliphatic carbocycles. The molecule has 5 nitrogen and oxygen atoms in total. The average Bonchev–Trinajstić information content (AvgIpc) is 2.73. The maximum absolute atomic E-state index is 12.6. The molecule has 1 heterocycles. The molecule has 0 fully saturated rings. The third-order valence-electron chi connectivity index (χ3n) is 4.49. The molecule has 5 heteroatoms. The zero-order chi connectivity index (χ0) is 19.8. The molecule has 2 aromatic carbocycles. The summed E-state index contributed by atoms with van der Waals surface area (Å²) in [6.45, 7) is 5.24. The van der Waals surface area contributed by atoms with Gasteiger partial charge in [0.25, 0.3) is 5.91 Å². The zero-order valence-corrected chi connectivity index (χ0v) is 16.4. The highest BCUT2D eigenvalue weighted by Gasteiger charge is 2.14. The van der Waals surface area contributed by atoms with Crippen LogP contribution in [0.1, 0.15) is 35.2 Å². The highest BCUT2D eigenvalue weighted by Crippen LogP contribution is 2.23. The van der Waals surface area contributed by atoms with Crippen LogP contribution in [0.25, 0.3) is 0 Å². The van der Waals surface area contributed by atoms with E-state index in [4.69, 9.17) is 0 Å². The smallest absolute Gasteiger partial charge is 0.270 e. The van der Waals surface area contributed by atoms with Gasteiger partial charge < -0.3 is 10.2 Å². The lowest BCUT2D eigenvalue weighted by atomic mass is 10.1. The summed E-state index contributed by atoms with van der Waals surface area (Å²) in [7, 11) is 0. The van der Waals surface area contributed by atoms with Crippen LogP contribution < -0.4 is 10.2 Å². The fraction of sp³-hybridized carbons (Fsp3) is 0.261. The fourth-order valence-corrected chi connectivity index (χ4v) is 3.12. The number of hydrogen-bond donors (Lipinski definition) is 1. The van der Waals surface area contributed by atoms with Gasteiger partial charge in [-0.25, -0.2) is 9.97 Å². The minimum Gasteiger partial charge on any atom is -0.351 e. The van der Waals surface area contributed by atoms with Crippen molar-refractivity contribution in [3.05, 3.63) is 83.8 Å². The predicted molar refractivity (Wildman–Crippen MR) is 113 cm³/mol. The van der Waals surface area contributed by atoms with E-state index in [1.807, 2.05) is 55.5 Å². The Labute approximate surface area is 166 Å². The van der Waals surface area contributed by atoms with Crippen molar-refractivity contribution in [3.63, 3.8) is 0 Å². The Balaban J connectivity index is 1.65. The first-order valence-corrected chi connectivity index (χ1v) is 9.67. The van der Waals surface area contributed by atoms with E-state index >= 15 is 0 Å². The number of rotatable bonds is 8. The van der Waals surface area contributed by atoms with Crippen LogP contribution in [0.15, 0.2) is 66.7 Å². The van der Waals surface area contributed by atoms with E-state index in [0.29, 0.717) is 18.1 Å². The third kappa shape index (κ3) is 5.16. The number of nitrogens with zero attached hydrogens (tertiary/aromatic N) is 3. The van der Waals surface area contributed by atoms with Gasteiger partial charge in [0, 0.05) is 24.8 Å². The van der Waals surface area contributed by atoms with Gasteiger partial charge in [-0.3, -0.25) is 4.79 Å². The molecule has 3 aromatic rings. The number of para-hydroxylation sites is 1. The van der Waals surface area contributed by atoms with Crippen LogP contribution in [-0.2, 0) is 6.42 Å². The van der Waals surface area contributed by atoms with Crippen molar-refractivity contribution in [1.82, 2.24) is 15.3 Å². The molecule has 0 bridgehead atoms. The second-order valence-corrected chi connectivity index (χ2v) is 6.58. The Bertz CT molecular complexity index is 897. The maximum Gasteiger partial charge on any atom is 0.270 e. The molecule has 1 N–H and O–H groups in total. The normalized spacial score (nSPS) is 10.5. The summed E-state index contributed by atoms with van der Waals surface area (Å²) in [6, 6.07) is 22.1. The summed E-state index contributed by atoms with van der Waals surface area (Å²) in [5.41, 5.74) is 2.72. The van der Waals surface area contributed by atoms with Crippen molar-refractivity contribution in [1.29, 1.82) is 0 Å². The first-order valence-electron chi connectivity index (χ1n) is 9.67. The van der Waals surface area contributed by atoms with Gasteiger partial charge in [0.1, 0.15) is 17.3 Å². The van der Waals surface area contributed by atoms with Crippen LogP contribution >= 0.6 is 0 Å². The Kier molecular flexibility index (Phi) is 6.73. The van der Waals surface area contributed by atoms with Crippen LogP contribution in [0, 0.1) is 6.92 Å². The van der Waals surface area contributed by atoms with Gasteiger partial charge in [0.2, 0.25) is 0 Å². The van der Waals surface area contributed by atoms with Crippen molar-refractivity contribution < 1.29 is 4.79 Å². The minimum atomic E-state index is -0.163. The third-order valence-corrected chi connectivity index (χ3v) is 4.49. The number of carbonyl (C=O) groups excluding carboxylic acids is 1. The molecule has 1 amide bonds. The molecule has 0 saturated heterocycles. The van der Waals surface area contributed by atoms with E-state index in [9.17, 15) is 4.79 Å². The standard InChI is InChI=1S/C23H26N4O/c1-3-27(20-14-8-5-9-15-20)22-17-21(25-18(2)26-22)23(28)24-16-10-13-19-11-6-4-7-12-19/h4-9,11-12,14-15,17H,3,10,13,16H2,1-2H3,(H,24,28).